The number of benzene rings is 3. The molecule has 1 unspecified atom stereocenters. The minimum atomic E-state index is -1.15. The Kier molecular flexibility index (Phi) is 7.20. The molecular formula is C32H31Cl2N3O4. The predicted octanol–water partition coefficient (Wildman–Crippen LogP) is 6.65. The Balaban J connectivity index is 1.54. The number of halogens is 2. The number of hydrogen-bond acceptors (Lipinski definition) is 3. The first-order valence-electron chi connectivity index (χ1n) is 13.9. The second kappa shape index (κ2) is 10.7. The summed E-state index contributed by atoms with van der Waals surface area (Å²) in [6.45, 7) is 2.06. The van der Waals surface area contributed by atoms with Crippen molar-refractivity contribution in [1.29, 1.82) is 0 Å². The number of aliphatic carboxylic acids is 1. The third-order valence-corrected chi connectivity index (χ3v) is 9.19. The minimum Gasteiger partial charge on any atom is -0.481 e. The summed E-state index contributed by atoms with van der Waals surface area (Å²) in [5, 5.41) is 11.1. The van der Waals surface area contributed by atoms with E-state index in [2.05, 4.69) is 4.98 Å². The highest BCUT2D eigenvalue weighted by atomic mass is 35.5. The van der Waals surface area contributed by atoms with Gasteiger partial charge >= 0.3 is 11.7 Å². The average Bonchev–Trinajstić information content (AvgIpc) is 3.72. The fourth-order valence-corrected chi connectivity index (χ4v) is 6.99. The fraction of sp³-hybridized carbons (Fsp3) is 0.344. The van der Waals surface area contributed by atoms with E-state index in [9.17, 15) is 19.5 Å². The molecular weight excluding hydrogens is 561 g/mol. The minimum absolute atomic E-state index is 0.182. The molecule has 2 N–H and O–H groups in total. The number of imidazole rings is 1. The van der Waals surface area contributed by atoms with E-state index < -0.39 is 17.4 Å². The number of H-pyrrole nitrogens is 1. The molecule has 4 aromatic rings. The normalized spacial score (nSPS) is 23.6. The Morgan fingerprint density at radius 1 is 1.00 bits per heavy atom. The highest BCUT2D eigenvalue weighted by Crippen LogP contribution is 2.54. The number of aromatic amines is 1. The molecule has 1 saturated carbocycles. The first-order chi connectivity index (χ1) is 19.6. The Bertz CT molecular complexity index is 1680. The second-order valence-electron chi connectivity index (χ2n) is 11.7. The van der Waals surface area contributed by atoms with Crippen LogP contribution in [0.3, 0.4) is 0 Å². The Morgan fingerprint density at radius 2 is 1.73 bits per heavy atom. The van der Waals surface area contributed by atoms with E-state index >= 15 is 0 Å². The zero-order chi connectivity index (χ0) is 28.9. The van der Waals surface area contributed by atoms with Crippen LogP contribution in [0.15, 0.2) is 77.6 Å². The highest BCUT2D eigenvalue weighted by Gasteiger charge is 2.54. The predicted molar refractivity (Wildman–Crippen MR) is 159 cm³/mol. The lowest BCUT2D eigenvalue weighted by molar-refractivity contribution is -0.161. The van der Waals surface area contributed by atoms with Gasteiger partial charge in [0.05, 0.1) is 35.0 Å². The number of carboxylic acids is 1. The monoisotopic (exact) mass is 591 g/mol. The van der Waals surface area contributed by atoms with Gasteiger partial charge in [0.25, 0.3) is 0 Å². The van der Waals surface area contributed by atoms with Crippen molar-refractivity contribution in [3.63, 3.8) is 0 Å². The lowest BCUT2D eigenvalue weighted by Gasteiger charge is -2.52. The van der Waals surface area contributed by atoms with Crippen LogP contribution >= 0.6 is 23.2 Å². The van der Waals surface area contributed by atoms with Crippen LogP contribution in [-0.2, 0) is 16.1 Å². The second-order valence-corrected chi connectivity index (χ2v) is 12.5. The summed E-state index contributed by atoms with van der Waals surface area (Å²) in [6, 6.07) is 21.9. The molecule has 1 aliphatic heterocycles. The third-order valence-electron chi connectivity index (χ3n) is 8.71. The maximum atomic E-state index is 14.6. The molecule has 1 amide bonds. The molecule has 2 heterocycles. The van der Waals surface area contributed by atoms with Crippen molar-refractivity contribution >= 4 is 46.1 Å². The van der Waals surface area contributed by atoms with Gasteiger partial charge in [-0.2, -0.15) is 0 Å². The van der Waals surface area contributed by atoms with Crippen molar-refractivity contribution in [3.8, 4) is 0 Å². The van der Waals surface area contributed by atoms with Crippen LogP contribution in [0.2, 0.25) is 10.0 Å². The van der Waals surface area contributed by atoms with Crippen molar-refractivity contribution in [2.24, 2.45) is 11.3 Å². The molecule has 0 radical (unpaired) electrons. The molecule has 2 fully saturated rings. The molecule has 1 aromatic heterocycles. The van der Waals surface area contributed by atoms with Gasteiger partial charge in [0.2, 0.25) is 5.91 Å². The van der Waals surface area contributed by atoms with E-state index in [-0.39, 0.29) is 35.9 Å². The summed E-state index contributed by atoms with van der Waals surface area (Å²) in [5.41, 5.74) is 1.96. The number of aromatic nitrogens is 2. The van der Waals surface area contributed by atoms with Crippen LogP contribution in [0.5, 0.6) is 0 Å². The molecule has 9 heteroatoms. The van der Waals surface area contributed by atoms with E-state index in [4.69, 9.17) is 23.2 Å². The number of nitrogens with one attached hydrogen (secondary N) is 1. The van der Waals surface area contributed by atoms with E-state index in [0.29, 0.717) is 23.0 Å². The Morgan fingerprint density at radius 3 is 2.41 bits per heavy atom. The quantitative estimate of drug-likeness (QED) is 0.240. The van der Waals surface area contributed by atoms with E-state index in [1.165, 1.54) is 0 Å². The van der Waals surface area contributed by atoms with Gasteiger partial charge in [-0.05, 0) is 72.7 Å². The summed E-state index contributed by atoms with van der Waals surface area (Å²) in [5.74, 6) is -1.28. The summed E-state index contributed by atoms with van der Waals surface area (Å²) in [4.78, 5) is 44.8. The molecule has 3 aromatic carbocycles. The van der Waals surface area contributed by atoms with Gasteiger partial charge in [-0.25, -0.2) is 4.79 Å². The van der Waals surface area contributed by atoms with Crippen molar-refractivity contribution < 1.29 is 14.7 Å². The van der Waals surface area contributed by atoms with E-state index in [1.54, 1.807) is 17.6 Å². The van der Waals surface area contributed by atoms with Crippen LogP contribution in [0.25, 0.3) is 11.0 Å². The average molecular weight is 593 g/mol. The molecule has 41 heavy (non-hydrogen) atoms. The lowest BCUT2D eigenvalue weighted by Crippen LogP contribution is -2.57. The van der Waals surface area contributed by atoms with Gasteiger partial charge in [-0.3, -0.25) is 14.2 Å². The Labute approximate surface area is 247 Å². The number of carboxylic acid groups (broad SMARTS) is 1. The molecule has 0 bridgehead atoms. The van der Waals surface area contributed by atoms with Crippen molar-refractivity contribution in [1.82, 2.24) is 14.5 Å². The highest BCUT2D eigenvalue weighted by molar-refractivity contribution is 6.30. The molecule has 4 atom stereocenters. The summed E-state index contributed by atoms with van der Waals surface area (Å²) >= 11 is 12.7. The van der Waals surface area contributed by atoms with Crippen LogP contribution in [0.1, 0.15) is 55.7 Å². The zero-order valence-electron chi connectivity index (χ0n) is 22.6. The van der Waals surface area contributed by atoms with E-state index in [1.807, 2.05) is 71.6 Å². The van der Waals surface area contributed by atoms with Crippen LogP contribution in [-0.4, -0.2) is 37.5 Å². The van der Waals surface area contributed by atoms with Gasteiger partial charge in [0.1, 0.15) is 0 Å². The van der Waals surface area contributed by atoms with Crippen molar-refractivity contribution in [3.05, 3.63) is 104 Å². The number of para-hydroxylation sites is 2. The first kappa shape index (κ1) is 27.6. The molecule has 1 saturated heterocycles. The summed E-state index contributed by atoms with van der Waals surface area (Å²) < 4.78 is 1.71. The van der Waals surface area contributed by atoms with Gasteiger partial charge in [-0.15, -0.1) is 0 Å². The molecule has 212 valence electrons. The maximum absolute atomic E-state index is 14.6. The standard InChI is InChI=1S/C32H31Cl2N3O4/c1-32(17-28(38)39)16-24(21-5-4-6-23(34)15-21)29(20-11-13-22(33)14-12-20)37(30(32)40)27(19-9-10-19)18-36-26-8-3-2-7-25(26)35-31(36)41/h2-8,11-15,19,24,27,29H,9-10,16-18H2,1H3,(H,35,41)(H,38,39)/t24-,27?,29-,32-/m1/s1. The number of fused-ring (bicyclic) bond motifs is 1. The molecule has 0 spiro atoms. The van der Waals surface area contributed by atoms with Gasteiger partial charge in [0.15, 0.2) is 0 Å². The van der Waals surface area contributed by atoms with Crippen LogP contribution in [0.4, 0.5) is 0 Å². The molecule has 7 nitrogen and oxygen atoms in total. The number of nitrogens with zero attached hydrogens (tertiary/aromatic N) is 2. The maximum Gasteiger partial charge on any atom is 0.326 e. The number of carbonyl (C=O) groups is 2. The van der Waals surface area contributed by atoms with Crippen LogP contribution in [0, 0.1) is 11.3 Å². The third kappa shape index (κ3) is 5.29. The summed E-state index contributed by atoms with van der Waals surface area (Å²) in [6.07, 6.45) is 1.90. The number of hydrogen-bond donors (Lipinski definition) is 2. The molecule has 1 aliphatic carbocycles. The number of likely N-dealkylation sites (tertiary alicyclic amines) is 1. The van der Waals surface area contributed by atoms with Crippen LogP contribution < -0.4 is 5.69 Å². The number of amides is 1. The number of carbonyl (C=O) groups excluding carboxylic acids is 1. The fourth-order valence-electron chi connectivity index (χ4n) is 6.67. The van der Waals surface area contributed by atoms with Crippen molar-refractivity contribution in [2.75, 3.05) is 0 Å². The zero-order valence-corrected chi connectivity index (χ0v) is 24.1. The molecule has 6 rings (SSSR count). The van der Waals surface area contributed by atoms with Gasteiger partial charge in [0, 0.05) is 22.5 Å². The first-order valence-corrected chi connectivity index (χ1v) is 14.6. The smallest absolute Gasteiger partial charge is 0.326 e. The topological polar surface area (TPSA) is 95.4 Å². The SMILES string of the molecule is C[C@]1(CC(=O)O)C[C@H](c2cccc(Cl)c2)[C@@H](c2ccc(Cl)cc2)N(C(Cn2c(=O)[nH]c3ccccc32)C2CC2)C1=O. The number of piperidine rings is 1. The number of rotatable bonds is 8. The Hall–Kier alpha value is -3.55. The van der Waals surface area contributed by atoms with Gasteiger partial charge in [-0.1, -0.05) is 66.5 Å². The van der Waals surface area contributed by atoms with Crippen molar-refractivity contribution in [2.45, 2.75) is 57.2 Å². The van der Waals surface area contributed by atoms with E-state index in [0.717, 1.165) is 35.0 Å². The lowest BCUT2D eigenvalue weighted by atomic mass is 9.67. The summed E-state index contributed by atoms with van der Waals surface area (Å²) in [7, 11) is 0. The molecule has 2 aliphatic rings. The van der Waals surface area contributed by atoms with Gasteiger partial charge < -0.3 is 15.0 Å². The largest absolute Gasteiger partial charge is 0.481 e.